The molecule has 66 heavy (non-hydrogen) atoms. The number of hydrogen-bond donors (Lipinski definition) is 0. The van der Waals surface area contributed by atoms with Gasteiger partial charge in [0.2, 0.25) is 0 Å². The lowest BCUT2D eigenvalue weighted by Gasteiger charge is -2.06. The van der Waals surface area contributed by atoms with Gasteiger partial charge in [0.25, 0.3) is 0 Å². The van der Waals surface area contributed by atoms with Crippen molar-refractivity contribution in [2.45, 2.75) is 13.8 Å². The van der Waals surface area contributed by atoms with Crippen LogP contribution < -0.4 is 0 Å². The van der Waals surface area contributed by atoms with Crippen LogP contribution in [0.1, 0.15) is 9.75 Å². The molecule has 0 N–H and O–H groups in total. The molecule has 0 radical (unpaired) electrons. The number of fused-ring (bicyclic) bond motifs is 14. The van der Waals surface area contributed by atoms with Gasteiger partial charge in [-0.05, 0) is 86.6 Å². The summed E-state index contributed by atoms with van der Waals surface area (Å²) in [7, 11) is 0. The summed E-state index contributed by atoms with van der Waals surface area (Å²) < 4.78 is 21.4. The molecule has 0 saturated heterocycles. The Morgan fingerprint density at radius 3 is 1.20 bits per heavy atom. The Balaban J connectivity index is 0.784. The van der Waals surface area contributed by atoms with Gasteiger partial charge in [-0.2, -0.15) is 0 Å². The highest BCUT2D eigenvalue weighted by Crippen LogP contribution is 2.52. The topological polar surface area (TPSA) is 35.6 Å². The Bertz CT molecular complexity index is 4340. The second-order valence-electron chi connectivity index (χ2n) is 16.6. The summed E-state index contributed by atoms with van der Waals surface area (Å²) in [6, 6.07) is 41.1. The second-order valence-corrected chi connectivity index (χ2v) is 27.7. The van der Waals surface area contributed by atoms with Crippen LogP contribution in [-0.2, 0) is 0 Å². The first-order valence-corrected chi connectivity index (χ1v) is 29.3. The molecule has 0 aliphatic rings. The lowest BCUT2D eigenvalue weighted by Crippen LogP contribution is -1.93. The molecular weight excluding hydrogens is 1000 g/mol. The summed E-state index contributed by atoms with van der Waals surface area (Å²) in [5.74, 6) is 0. The molecule has 0 fully saturated rings. The molecule has 0 atom stereocenters. The fourth-order valence-electron chi connectivity index (χ4n) is 9.76. The molecule has 0 saturated carbocycles. The quantitative estimate of drug-likeness (QED) is 0.172. The van der Waals surface area contributed by atoms with E-state index < -0.39 is 0 Å². The lowest BCUT2D eigenvalue weighted by molar-refractivity contribution is 1.19. The van der Waals surface area contributed by atoms with Crippen molar-refractivity contribution in [3.05, 3.63) is 131 Å². The van der Waals surface area contributed by atoms with Gasteiger partial charge in [0.1, 0.15) is 10.0 Å². The van der Waals surface area contributed by atoms with Gasteiger partial charge >= 0.3 is 0 Å². The number of thiophene rings is 10. The first-order chi connectivity index (χ1) is 32.4. The van der Waals surface area contributed by atoms with Crippen molar-refractivity contribution < 1.29 is 0 Å². The van der Waals surface area contributed by atoms with Crippen LogP contribution >= 0.6 is 113 Å². The van der Waals surface area contributed by atoms with E-state index in [-0.39, 0.29) is 0 Å². The van der Waals surface area contributed by atoms with Crippen LogP contribution in [-0.4, -0.2) is 19.1 Å². The predicted octanol–water partition coefficient (Wildman–Crippen LogP) is 19.8. The lowest BCUT2D eigenvalue weighted by atomic mass is 10.1. The zero-order chi connectivity index (χ0) is 43.1. The third-order valence-corrected chi connectivity index (χ3v) is 24.9. The standard InChI is InChI=1S/C52H26N4S10/c1-23-11-35-37(57-23)15-39(59-35)41-17-43-49(63-41)51-45(61-43)19-47(65-51)55-31-9-5-3-7-25(31)27-13-29(53-21-33(27)55)30-14-28-26-8-4-6-10-32(26)56(34(28)22-54-30)48-20-46-52(66-48)50-44(62-46)18-42(64-50)40-16-38-36(60-40)12-24(2)58-38/h3-22H,1-2H3. The zero-order valence-corrected chi connectivity index (χ0v) is 42.6. The molecule has 0 aliphatic carbocycles. The second kappa shape index (κ2) is 13.8. The smallest absolute Gasteiger partial charge is 0.102 e. The van der Waals surface area contributed by atoms with Gasteiger partial charge in [-0.3, -0.25) is 19.1 Å². The van der Waals surface area contributed by atoms with Crippen molar-refractivity contribution in [1.82, 2.24) is 19.1 Å². The Morgan fingerprint density at radius 2 is 0.727 bits per heavy atom. The highest BCUT2D eigenvalue weighted by Gasteiger charge is 2.23. The molecule has 14 heterocycles. The van der Waals surface area contributed by atoms with Crippen LogP contribution in [0, 0.1) is 13.8 Å². The fraction of sp³-hybridized carbons (Fsp3) is 0.0385. The van der Waals surface area contributed by atoms with Crippen molar-refractivity contribution >= 4 is 213 Å². The van der Waals surface area contributed by atoms with E-state index in [1.54, 1.807) is 0 Å². The van der Waals surface area contributed by atoms with E-state index >= 15 is 0 Å². The van der Waals surface area contributed by atoms with Gasteiger partial charge in [0.05, 0.1) is 64.6 Å². The van der Waals surface area contributed by atoms with Crippen LogP contribution in [0.15, 0.2) is 122 Å². The number of hydrogen-bond acceptors (Lipinski definition) is 12. The van der Waals surface area contributed by atoms with Crippen LogP contribution in [0.25, 0.3) is 141 Å². The number of aryl methyl sites for hydroxylation is 2. The highest BCUT2D eigenvalue weighted by molar-refractivity contribution is 7.42. The Kier molecular flexibility index (Phi) is 7.91. The van der Waals surface area contributed by atoms with Gasteiger partial charge in [-0.1, -0.05) is 36.4 Å². The van der Waals surface area contributed by atoms with Crippen molar-refractivity contribution in [1.29, 1.82) is 0 Å². The van der Waals surface area contributed by atoms with Crippen LogP contribution in [0.5, 0.6) is 0 Å². The molecule has 0 bridgehead atoms. The summed E-state index contributed by atoms with van der Waals surface area (Å²) in [4.78, 5) is 18.6. The maximum absolute atomic E-state index is 5.17. The van der Waals surface area contributed by atoms with Gasteiger partial charge in [-0.25, -0.2) is 0 Å². The fourth-order valence-corrected chi connectivity index (χ4v) is 22.6. The molecule has 0 spiro atoms. The number of benzene rings is 2. The Labute approximate surface area is 414 Å². The van der Waals surface area contributed by atoms with Crippen molar-refractivity contribution in [2.75, 3.05) is 0 Å². The molecule has 14 aromatic heterocycles. The number of aromatic nitrogens is 4. The molecule has 0 unspecified atom stereocenters. The molecule has 14 heteroatoms. The summed E-state index contributed by atoms with van der Waals surface area (Å²) in [5.41, 5.74) is 6.36. The molecule has 16 rings (SSSR count). The summed E-state index contributed by atoms with van der Waals surface area (Å²) >= 11 is 19.1. The molecule has 16 aromatic rings. The van der Waals surface area contributed by atoms with Gasteiger partial charge < -0.3 is 0 Å². The third-order valence-electron chi connectivity index (χ3n) is 12.6. The van der Waals surface area contributed by atoms with Crippen molar-refractivity contribution in [3.8, 4) is 40.9 Å². The maximum Gasteiger partial charge on any atom is 0.102 e. The van der Waals surface area contributed by atoms with Crippen LogP contribution in [0.3, 0.4) is 0 Å². The number of pyridine rings is 2. The first-order valence-electron chi connectivity index (χ1n) is 21.1. The average Bonchev–Trinajstić information content (AvgIpc) is 4.15. The van der Waals surface area contributed by atoms with Crippen LogP contribution in [0.2, 0.25) is 0 Å². The minimum Gasteiger partial charge on any atom is -0.299 e. The SMILES string of the molecule is Cc1cc2sc(-c3cc4sc5cc(-n6c7ccccc7c7cc(-c8cc9c%10ccccc%10n(-c%10cc%11sc%12cc(-c%13cc%14sc(C)cc%14s%13)sc%12c%11s%10)c9cn8)ncc76)sc5c4s3)cc2s1. The minimum absolute atomic E-state index is 0.876. The Morgan fingerprint density at radius 1 is 0.333 bits per heavy atom. The molecule has 0 amide bonds. The van der Waals surface area contributed by atoms with Gasteiger partial charge in [0, 0.05) is 88.4 Å². The summed E-state index contributed by atoms with van der Waals surface area (Å²) in [6.45, 7) is 4.40. The number of nitrogens with zero attached hydrogens (tertiary/aromatic N) is 4. The zero-order valence-electron chi connectivity index (χ0n) is 34.4. The predicted molar refractivity (Wildman–Crippen MR) is 300 cm³/mol. The molecule has 0 aliphatic heterocycles. The number of para-hydroxylation sites is 2. The van der Waals surface area contributed by atoms with Crippen LogP contribution in [0.4, 0.5) is 0 Å². The van der Waals surface area contributed by atoms with Gasteiger partial charge in [-0.15, -0.1) is 113 Å². The molecular formula is C52H26N4S10. The number of rotatable bonds is 5. The van der Waals surface area contributed by atoms with E-state index in [0.717, 1.165) is 22.4 Å². The van der Waals surface area contributed by atoms with E-state index in [1.165, 1.54) is 128 Å². The Hall–Kier alpha value is -5.10. The molecule has 2 aromatic carbocycles. The van der Waals surface area contributed by atoms with E-state index in [2.05, 4.69) is 145 Å². The minimum atomic E-state index is 0.876. The molecule has 4 nitrogen and oxygen atoms in total. The van der Waals surface area contributed by atoms with E-state index in [4.69, 9.17) is 9.97 Å². The maximum atomic E-state index is 5.17. The van der Waals surface area contributed by atoms with Crippen molar-refractivity contribution in [2.24, 2.45) is 0 Å². The monoisotopic (exact) mass is 1030 g/mol. The highest BCUT2D eigenvalue weighted by atomic mass is 32.1. The van der Waals surface area contributed by atoms with E-state index in [0.29, 0.717) is 0 Å². The van der Waals surface area contributed by atoms with Crippen molar-refractivity contribution in [3.63, 3.8) is 0 Å². The normalized spacial score (nSPS) is 12.7. The summed E-state index contributed by atoms with van der Waals surface area (Å²) in [5, 5.41) is 7.25. The first kappa shape index (κ1) is 37.9. The molecule has 314 valence electrons. The summed E-state index contributed by atoms with van der Waals surface area (Å²) in [6.07, 6.45) is 4.13. The largest absolute Gasteiger partial charge is 0.299 e. The third kappa shape index (κ3) is 5.42. The average molecular weight is 1030 g/mol. The van der Waals surface area contributed by atoms with E-state index in [1.807, 2.05) is 113 Å². The van der Waals surface area contributed by atoms with E-state index in [9.17, 15) is 0 Å². The van der Waals surface area contributed by atoms with Gasteiger partial charge in [0.15, 0.2) is 0 Å².